The molecule has 0 aliphatic rings. The molecule has 0 saturated heterocycles. The van der Waals surface area contributed by atoms with E-state index in [2.05, 4.69) is 5.32 Å². The Balaban J connectivity index is 1.89. The Kier molecular flexibility index (Phi) is 6.29. The number of rotatable bonds is 7. The third kappa shape index (κ3) is 4.89. The summed E-state index contributed by atoms with van der Waals surface area (Å²) in [5.74, 6) is 1.48. The van der Waals surface area contributed by atoms with Crippen LogP contribution in [0, 0.1) is 0 Å². The fourth-order valence-corrected chi connectivity index (χ4v) is 2.52. The van der Waals surface area contributed by atoms with Crippen molar-refractivity contribution in [3.8, 4) is 11.5 Å². The molecule has 0 unspecified atom stereocenters. The molecule has 2 aromatic rings. The summed E-state index contributed by atoms with van der Waals surface area (Å²) in [6, 6.07) is 13.0. The molecule has 122 valence electrons. The van der Waals surface area contributed by atoms with Crippen LogP contribution in [-0.4, -0.2) is 20.1 Å². The summed E-state index contributed by atoms with van der Waals surface area (Å²) < 4.78 is 10.6. The van der Waals surface area contributed by atoms with Gasteiger partial charge in [-0.3, -0.25) is 4.79 Å². The van der Waals surface area contributed by atoms with Gasteiger partial charge in [0.1, 0.15) is 11.5 Å². The van der Waals surface area contributed by atoms with Crippen molar-refractivity contribution < 1.29 is 14.3 Å². The van der Waals surface area contributed by atoms with Crippen LogP contribution in [0.3, 0.4) is 0 Å². The zero-order valence-electron chi connectivity index (χ0n) is 13.3. The molecule has 0 spiro atoms. The molecule has 1 N–H and O–H groups in total. The third-order valence-corrected chi connectivity index (χ3v) is 3.77. The molecule has 0 aliphatic carbocycles. The van der Waals surface area contributed by atoms with E-state index in [1.807, 2.05) is 24.3 Å². The predicted molar refractivity (Wildman–Crippen MR) is 91.2 cm³/mol. The van der Waals surface area contributed by atoms with Gasteiger partial charge in [-0.05, 0) is 36.2 Å². The van der Waals surface area contributed by atoms with Gasteiger partial charge in [0, 0.05) is 23.6 Å². The molecule has 0 saturated carbocycles. The van der Waals surface area contributed by atoms with E-state index in [0.29, 0.717) is 30.2 Å². The highest BCUT2D eigenvalue weighted by atomic mass is 35.5. The van der Waals surface area contributed by atoms with Crippen molar-refractivity contribution in [2.24, 2.45) is 0 Å². The van der Waals surface area contributed by atoms with Gasteiger partial charge in [0.2, 0.25) is 5.91 Å². The van der Waals surface area contributed by atoms with E-state index >= 15 is 0 Å². The summed E-state index contributed by atoms with van der Waals surface area (Å²) in [5.41, 5.74) is 1.87. The molecule has 23 heavy (non-hydrogen) atoms. The van der Waals surface area contributed by atoms with Gasteiger partial charge in [-0.15, -0.1) is 0 Å². The molecule has 0 aliphatic heterocycles. The van der Waals surface area contributed by atoms with Crippen LogP contribution in [0.2, 0.25) is 5.02 Å². The van der Waals surface area contributed by atoms with Crippen molar-refractivity contribution in [1.29, 1.82) is 0 Å². The number of amides is 1. The molecule has 1 amide bonds. The first kappa shape index (κ1) is 17.2. The van der Waals surface area contributed by atoms with Gasteiger partial charge in [0.25, 0.3) is 0 Å². The van der Waals surface area contributed by atoms with Crippen molar-refractivity contribution in [1.82, 2.24) is 5.32 Å². The van der Waals surface area contributed by atoms with Crippen molar-refractivity contribution in [3.05, 3.63) is 58.6 Å². The second kappa shape index (κ2) is 8.44. The molecular weight excluding hydrogens is 314 g/mol. The number of carbonyl (C=O) groups is 1. The predicted octanol–water partition coefficient (Wildman–Crippen LogP) is 3.61. The van der Waals surface area contributed by atoms with Gasteiger partial charge < -0.3 is 14.8 Å². The highest BCUT2D eigenvalue weighted by molar-refractivity contribution is 6.30. The number of ether oxygens (including phenoxy) is 2. The third-order valence-electron chi connectivity index (χ3n) is 3.53. The molecule has 2 rings (SSSR count). The maximum absolute atomic E-state index is 12.0. The Morgan fingerprint density at radius 2 is 1.74 bits per heavy atom. The normalized spacial score (nSPS) is 10.2. The van der Waals surface area contributed by atoms with E-state index < -0.39 is 0 Å². The Morgan fingerprint density at radius 1 is 1.04 bits per heavy atom. The molecule has 0 radical (unpaired) electrons. The maximum Gasteiger partial charge on any atom is 0.220 e. The number of aryl methyl sites for hydroxylation is 1. The van der Waals surface area contributed by atoms with Crippen LogP contribution in [0.1, 0.15) is 17.5 Å². The van der Waals surface area contributed by atoms with Crippen LogP contribution in [-0.2, 0) is 17.8 Å². The number of benzene rings is 2. The second-order valence-electron chi connectivity index (χ2n) is 5.04. The number of methoxy groups -OCH3 is 2. The molecule has 0 aromatic heterocycles. The van der Waals surface area contributed by atoms with Crippen LogP contribution in [0.4, 0.5) is 0 Å². The van der Waals surface area contributed by atoms with Crippen LogP contribution in [0.5, 0.6) is 11.5 Å². The van der Waals surface area contributed by atoms with Crippen LogP contribution in [0.25, 0.3) is 0 Å². The van der Waals surface area contributed by atoms with Gasteiger partial charge in [-0.2, -0.15) is 0 Å². The first-order valence-electron chi connectivity index (χ1n) is 7.35. The molecule has 0 bridgehead atoms. The van der Waals surface area contributed by atoms with Crippen LogP contribution >= 0.6 is 11.6 Å². The quantitative estimate of drug-likeness (QED) is 0.842. The minimum atomic E-state index is -0.0297. The van der Waals surface area contributed by atoms with E-state index in [1.165, 1.54) is 0 Å². The Morgan fingerprint density at radius 3 is 2.48 bits per heavy atom. The summed E-state index contributed by atoms with van der Waals surface area (Å²) in [7, 11) is 3.22. The second-order valence-corrected chi connectivity index (χ2v) is 5.48. The Labute approximate surface area is 141 Å². The molecule has 4 nitrogen and oxygen atoms in total. The number of nitrogens with one attached hydrogen (secondary N) is 1. The van der Waals surface area contributed by atoms with Gasteiger partial charge >= 0.3 is 0 Å². The number of carbonyl (C=O) groups excluding carboxylic acids is 1. The van der Waals surface area contributed by atoms with E-state index in [1.54, 1.807) is 32.4 Å². The fraction of sp³-hybridized carbons (Fsp3) is 0.278. The van der Waals surface area contributed by atoms with Crippen molar-refractivity contribution in [3.63, 3.8) is 0 Å². The zero-order valence-corrected chi connectivity index (χ0v) is 14.0. The molecular formula is C18H20ClNO3. The molecule has 0 fully saturated rings. The average Bonchev–Trinajstić information content (AvgIpc) is 2.58. The van der Waals surface area contributed by atoms with Crippen LogP contribution < -0.4 is 14.8 Å². The number of para-hydroxylation sites is 1. The van der Waals surface area contributed by atoms with E-state index in [0.717, 1.165) is 16.9 Å². The molecule has 0 heterocycles. The van der Waals surface area contributed by atoms with Crippen LogP contribution in [0.15, 0.2) is 42.5 Å². The molecule has 2 aromatic carbocycles. The first-order valence-corrected chi connectivity index (χ1v) is 7.73. The van der Waals surface area contributed by atoms with Crippen molar-refractivity contribution >= 4 is 17.5 Å². The minimum Gasteiger partial charge on any atom is -0.496 e. The minimum absolute atomic E-state index is 0.0297. The fourth-order valence-electron chi connectivity index (χ4n) is 2.33. The van der Waals surface area contributed by atoms with Gasteiger partial charge in [0.05, 0.1) is 14.2 Å². The molecule has 0 atom stereocenters. The lowest BCUT2D eigenvalue weighted by Crippen LogP contribution is -2.23. The maximum atomic E-state index is 12.0. The van der Waals surface area contributed by atoms with Gasteiger partial charge in [-0.25, -0.2) is 0 Å². The first-order chi connectivity index (χ1) is 11.1. The Bertz CT molecular complexity index is 673. The SMILES string of the molecule is COc1ccccc1CCC(=O)NCc1cc(Cl)ccc1OC. The lowest BCUT2D eigenvalue weighted by molar-refractivity contribution is -0.121. The van der Waals surface area contributed by atoms with Crippen molar-refractivity contribution in [2.75, 3.05) is 14.2 Å². The monoisotopic (exact) mass is 333 g/mol. The summed E-state index contributed by atoms with van der Waals surface area (Å²) in [4.78, 5) is 12.0. The van der Waals surface area contributed by atoms with E-state index in [-0.39, 0.29) is 5.91 Å². The number of halogens is 1. The lowest BCUT2D eigenvalue weighted by Gasteiger charge is -2.11. The largest absolute Gasteiger partial charge is 0.496 e. The Hall–Kier alpha value is -2.20. The van der Waals surface area contributed by atoms with E-state index in [4.69, 9.17) is 21.1 Å². The number of hydrogen-bond acceptors (Lipinski definition) is 3. The highest BCUT2D eigenvalue weighted by Crippen LogP contribution is 2.22. The smallest absolute Gasteiger partial charge is 0.220 e. The summed E-state index contributed by atoms with van der Waals surface area (Å²) >= 11 is 5.98. The summed E-state index contributed by atoms with van der Waals surface area (Å²) in [6.07, 6.45) is 1.02. The standard InChI is InChI=1S/C18H20ClNO3/c1-22-16-6-4-3-5-13(16)7-10-18(21)20-12-14-11-15(19)8-9-17(14)23-2/h3-6,8-9,11H,7,10,12H2,1-2H3,(H,20,21). The zero-order chi connectivity index (χ0) is 16.7. The topological polar surface area (TPSA) is 47.6 Å². The van der Waals surface area contributed by atoms with E-state index in [9.17, 15) is 4.79 Å². The highest BCUT2D eigenvalue weighted by Gasteiger charge is 2.08. The number of hydrogen-bond donors (Lipinski definition) is 1. The average molecular weight is 334 g/mol. The van der Waals surface area contributed by atoms with Gasteiger partial charge in [0.15, 0.2) is 0 Å². The summed E-state index contributed by atoms with van der Waals surface area (Å²) in [5, 5.41) is 3.51. The van der Waals surface area contributed by atoms with Crippen molar-refractivity contribution in [2.45, 2.75) is 19.4 Å². The summed E-state index contributed by atoms with van der Waals surface area (Å²) in [6.45, 7) is 0.383. The molecule has 5 heteroatoms. The lowest BCUT2D eigenvalue weighted by atomic mass is 10.1. The van der Waals surface area contributed by atoms with Gasteiger partial charge in [-0.1, -0.05) is 29.8 Å².